The summed E-state index contributed by atoms with van der Waals surface area (Å²) in [6.45, 7) is 0. The number of esters is 1. The van der Waals surface area contributed by atoms with Gasteiger partial charge in [-0.15, -0.1) is 0 Å². The summed E-state index contributed by atoms with van der Waals surface area (Å²) in [4.78, 5) is 18.6. The molecule has 0 unspecified atom stereocenters. The van der Waals surface area contributed by atoms with Crippen molar-refractivity contribution < 1.29 is 23.4 Å². The van der Waals surface area contributed by atoms with Gasteiger partial charge in [0, 0.05) is 17.8 Å². The molecule has 188 valence electrons. The zero-order valence-corrected chi connectivity index (χ0v) is 21.3. The fourth-order valence-corrected chi connectivity index (χ4v) is 4.81. The summed E-state index contributed by atoms with van der Waals surface area (Å²) in [6.07, 6.45) is 1.75. The first-order chi connectivity index (χ1) is 18.0. The van der Waals surface area contributed by atoms with Crippen molar-refractivity contribution in [2.45, 2.75) is 12.1 Å². The number of thiocarbonyl (C=S) groups is 1. The van der Waals surface area contributed by atoms with E-state index in [1.54, 1.807) is 38.6 Å². The second-order valence-corrected chi connectivity index (χ2v) is 8.70. The van der Waals surface area contributed by atoms with Gasteiger partial charge in [0.15, 0.2) is 5.11 Å². The minimum absolute atomic E-state index is 0.301. The van der Waals surface area contributed by atoms with E-state index in [0.717, 1.165) is 16.9 Å². The van der Waals surface area contributed by atoms with E-state index in [0.29, 0.717) is 33.7 Å². The quantitative estimate of drug-likeness (QED) is 0.259. The summed E-state index contributed by atoms with van der Waals surface area (Å²) in [7, 11) is 4.58. The summed E-state index contributed by atoms with van der Waals surface area (Å²) < 4.78 is 22.4. The van der Waals surface area contributed by atoms with E-state index in [1.165, 1.54) is 7.11 Å². The molecule has 0 aliphatic carbocycles. The number of nitrogens with zero attached hydrogens (tertiary/aromatic N) is 2. The molecule has 0 spiro atoms. The van der Waals surface area contributed by atoms with Gasteiger partial charge in [-0.05, 0) is 60.7 Å². The van der Waals surface area contributed by atoms with Gasteiger partial charge in [-0.2, -0.15) is 0 Å². The van der Waals surface area contributed by atoms with Crippen molar-refractivity contribution in [2.24, 2.45) is 0 Å². The number of ether oxygens (including phenoxy) is 3. The molecule has 5 rings (SSSR count). The van der Waals surface area contributed by atoms with Gasteiger partial charge < -0.3 is 28.8 Å². The number of nitrogens with one attached hydrogen (secondary N) is 1. The van der Waals surface area contributed by atoms with Crippen LogP contribution < -0.4 is 19.7 Å². The van der Waals surface area contributed by atoms with Gasteiger partial charge in [-0.1, -0.05) is 18.2 Å². The highest BCUT2D eigenvalue weighted by Crippen LogP contribution is 2.46. The molecule has 1 saturated heterocycles. The SMILES string of the molecule is COC(=O)c1cccc(-c2ccc([C@H]3[C@H](c4ccccn4)NC(=S)N3c3cc(OC)ccc3OC)o2)c1. The molecule has 3 heterocycles. The van der Waals surface area contributed by atoms with E-state index < -0.39 is 5.97 Å². The Kier molecular flexibility index (Phi) is 6.78. The molecule has 2 atom stereocenters. The molecule has 0 saturated carbocycles. The number of pyridine rings is 1. The standard InChI is InChI=1S/C28H25N3O5S/c1-33-19-10-11-23(34-2)21(16-19)31-26(25(30-28(31)37)20-9-4-5-14-29-20)24-13-12-22(36-24)17-7-6-8-18(15-17)27(32)35-3/h4-16,25-26H,1-3H3,(H,30,37)/t25-,26-/m0/s1. The van der Waals surface area contributed by atoms with Crippen LogP contribution in [0.15, 0.2) is 83.4 Å². The van der Waals surface area contributed by atoms with Crippen LogP contribution in [0.1, 0.15) is 33.9 Å². The highest BCUT2D eigenvalue weighted by atomic mass is 32.1. The van der Waals surface area contributed by atoms with E-state index in [-0.39, 0.29) is 12.1 Å². The number of benzene rings is 2. The Morgan fingerprint density at radius 3 is 2.59 bits per heavy atom. The van der Waals surface area contributed by atoms with Crippen LogP contribution in [0.3, 0.4) is 0 Å². The van der Waals surface area contributed by atoms with Crippen molar-refractivity contribution in [3.63, 3.8) is 0 Å². The summed E-state index contributed by atoms with van der Waals surface area (Å²) in [5.41, 5.74) is 2.73. The van der Waals surface area contributed by atoms with Gasteiger partial charge in [0.25, 0.3) is 0 Å². The third-order valence-electron chi connectivity index (χ3n) is 6.23. The van der Waals surface area contributed by atoms with Crippen LogP contribution in [0.4, 0.5) is 5.69 Å². The van der Waals surface area contributed by atoms with E-state index in [4.69, 9.17) is 30.8 Å². The highest BCUT2D eigenvalue weighted by Gasteiger charge is 2.43. The molecule has 0 radical (unpaired) electrons. The summed E-state index contributed by atoms with van der Waals surface area (Å²) in [5.74, 6) is 2.15. The number of furan rings is 1. The number of hydrogen-bond acceptors (Lipinski definition) is 7. The zero-order valence-electron chi connectivity index (χ0n) is 20.5. The van der Waals surface area contributed by atoms with Gasteiger partial charge in [-0.3, -0.25) is 4.98 Å². The summed E-state index contributed by atoms with van der Waals surface area (Å²) in [5, 5.41) is 3.91. The molecule has 0 amide bonds. The number of aromatic nitrogens is 1. The first-order valence-corrected chi connectivity index (χ1v) is 12.0. The van der Waals surface area contributed by atoms with Crippen LogP contribution in [0.5, 0.6) is 11.5 Å². The minimum Gasteiger partial charge on any atom is -0.497 e. The van der Waals surface area contributed by atoms with Crippen LogP contribution >= 0.6 is 12.2 Å². The van der Waals surface area contributed by atoms with E-state index in [1.807, 2.05) is 59.5 Å². The van der Waals surface area contributed by atoms with Gasteiger partial charge in [0.2, 0.25) is 0 Å². The smallest absolute Gasteiger partial charge is 0.337 e. The van der Waals surface area contributed by atoms with Gasteiger partial charge in [-0.25, -0.2) is 4.79 Å². The van der Waals surface area contributed by atoms with Crippen LogP contribution in [-0.2, 0) is 4.74 Å². The Balaban J connectivity index is 1.62. The molecular weight excluding hydrogens is 490 g/mol. The van der Waals surface area contributed by atoms with Crippen molar-refractivity contribution >= 4 is 29.0 Å². The lowest BCUT2D eigenvalue weighted by atomic mass is 10.0. The molecule has 4 aromatic rings. The second-order valence-electron chi connectivity index (χ2n) is 8.31. The number of anilines is 1. The number of methoxy groups -OCH3 is 3. The lowest BCUT2D eigenvalue weighted by Crippen LogP contribution is -2.29. The van der Waals surface area contributed by atoms with Crippen molar-refractivity contribution in [1.82, 2.24) is 10.3 Å². The molecule has 0 bridgehead atoms. The van der Waals surface area contributed by atoms with Crippen molar-refractivity contribution in [3.8, 4) is 22.8 Å². The molecule has 37 heavy (non-hydrogen) atoms. The minimum atomic E-state index is -0.412. The molecule has 1 N–H and O–H groups in total. The van der Waals surface area contributed by atoms with Gasteiger partial charge >= 0.3 is 5.97 Å². The lowest BCUT2D eigenvalue weighted by molar-refractivity contribution is 0.0601. The van der Waals surface area contributed by atoms with Crippen LogP contribution in [0.2, 0.25) is 0 Å². The molecule has 8 nitrogen and oxygen atoms in total. The maximum absolute atomic E-state index is 12.0. The predicted molar refractivity (Wildman–Crippen MR) is 143 cm³/mol. The Morgan fingerprint density at radius 2 is 1.86 bits per heavy atom. The first kappa shape index (κ1) is 24.3. The Hall–Kier alpha value is -4.37. The Labute approximate surface area is 219 Å². The molecule has 1 fully saturated rings. The van der Waals surface area contributed by atoms with E-state index in [2.05, 4.69) is 10.3 Å². The molecule has 2 aromatic carbocycles. The third-order valence-corrected chi connectivity index (χ3v) is 6.54. The maximum Gasteiger partial charge on any atom is 0.337 e. The second kappa shape index (κ2) is 10.3. The van der Waals surface area contributed by atoms with Crippen LogP contribution in [0.25, 0.3) is 11.3 Å². The molecular formula is C28H25N3O5S. The number of carbonyl (C=O) groups is 1. The Bertz CT molecular complexity index is 1440. The third kappa shape index (κ3) is 4.61. The fraction of sp³-hybridized carbons (Fsp3) is 0.179. The van der Waals surface area contributed by atoms with Crippen molar-refractivity contribution in [3.05, 3.63) is 96.0 Å². The van der Waals surface area contributed by atoms with Crippen molar-refractivity contribution in [1.29, 1.82) is 0 Å². The maximum atomic E-state index is 12.0. The monoisotopic (exact) mass is 515 g/mol. The molecule has 1 aliphatic rings. The number of carbonyl (C=O) groups excluding carboxylic acids is 1. The topological polar surface area (TPSA) is 86.1 Å². The van der Waals surface area contributed by atoms with Gasteiger partial charge in [0.1, 0.15) is 29.1 Å². The van der Waals surface area contributed by atoms with E-state index >= 15 is 0 Å². The van der Waals surface area contributed by atoms with Crippen molar-refractivity contribution in [2.75, 3.05) is 26.2 Å². The lowest BCUT2D eigenvalue weighted by Gasteiger charge is -2.27. The Morgan fingerprint density at radius 1 is 1.00 bits per heavy atom. The normalized spacial score (nSPS) is 16.8. The molecule has 1 aliphatic heterocycles. The predicted octanol–water partition coefficient (Wildman–Crippen LogP) is 5.32. The van der Waals surface area contributed by atoms with E-state index in [9.17, 15) is 4.79 Å². The molecule has 2 aromatic heterocycles. The number of hydrogen-bond donors (Lipinski definition) is 1. The molecule has 9 heteroatoms. The average molecular weight is 516 g/mol. The average Bonchev–Trinajstić information content (AvgIpc) is 3.57. The fourth-order valence-electron chi connectivity index (χ4n) is 4.47. The zero-order chi connectivity index (χ0) is 25.9. The van der Waals surface area contributed by atoms with Gasteiger partial charge in [0.05, 0.1) is 44.3 Å². The summed E-state index contributed by atoms with van der Waals surface area (Å²) >= 11 is 5.82. The van der Waals surface area contributed by atoms with Crippen LogP contribution in [0, 0.1) is 0 Å². The largest absolute Gasteiger partial charge is 0.497 e. The van der Waals surface area contributed by atoms with Crippen LogP contribution in [-0.4, -0.2) is 37.4 Å². The number of rotatable bonds is 7. The highest BCUT2D eigenvalue weighted by molar-refractivity contribution is 7.80. The summed E-state index contributed by atoms with van der Waals surface area (Å²) in [6, 6.07) is 21.5. The first-order valence-electron chi connectivity index (χ1n) is 11.5.